The lowest BCUT2D eigenvalue weighted by molar-refractivity contribution is -0.113. The molecule has 146 valence electrons. The van der Waals surface area contributed by atoms with Crippen LogP contribution in [0.1, 0.15) is 25.6 Å². The number of nitrogens with two attached hydrogens (primary N) is 1. The second kappa shape index (κ2) is 10.2. The fraction of sp³-hybridized carbons (Fsp3) is 0.250. The van der Waals surface area contributed by atoms with E-state index in [1.165, 1.54) is 16.4 Å². The Bertz CT molecular complexity index is 914. The number of carbonyl (C=O) groups is 1. The Morgan fingerprint density at radius 2 is 1.86 bits per heavy atom. The molecule has 1 heterocycles. The number of hydrogen-bond acceptors (Lipinski definition) is 6. The van der Waals surface area contributed by atoms with Gasteiger partial charge in [0, 0.05) is 16.2 Å². The fourth-order valence-corrected chi connectivity index (χ4v) is 4.10. The van der Waals surface area contributed by atoms with Crippen molar-refractivity contribution < 1.29 is 4.79 Å². The van der Waals surface area contributed by atoms with Crippen molar-refractivity contribution in [2.75, 3.05) is 16.9 Å². The summed E-state index contributed by atoms with van der Waals surface area (Å²) < 4.78 is 1.48. The number of anilines is 1. The van der Waals surface area contributed by atoms with E-state index in [4.69, 9.17) is 5.84 Å². The topological polar surface area (TPSA) is 85.8 Å². The maximum absolute atomic E-state index is 12.4. The van der Waals surface area contributed by atoms with Gasteiger partial charge in [-0.3, -0.25) is 4.79 Å². The van der Waals surface area contributed by atoms with Crippen LogP contribution in [0.5, 0.6) is 0 Å². The number of nitrogens with zero attached hydrogens (tertiary/aromatic N) is 3. The van der Waals surface area contributed by atoms with Crippen molar-refractivity contribution in [1.82, 2.24) is 14.9 Å². The Labute approximate surface area is 173 Å². The number of rotatable bonds is 9. The summed E-state index contributed by atoms with van der Waals surface area (Å²) in [4.78, 5) is 14.6. The molecule has 0 saturated heterocycles. The summed E-state index contributed by atoms with van der Waals surface area (Å²) in [6, 6.07) is 17.8. The summed E-state index contributed by atoms with van der Waals surface area (Å²) in [5, 5.41) is 11.7. The Kier molecular flexibility index (Phi) is 7.39. The number of thioether (sulfide) groups is 1. The van der Waals surface area contributed by atoms with Crippen LogP contribution in [-0.4, -0.2) is 26.5 Å². The Hall–Kier alpha value is -2.45. The van der Waals surface area contributed by atoms with E-state index >= 15 is 0 Å². The number of aryl methyl sites for hydroxylation is 1. The molecule has 8 heteroatoms. The minimum Gasteiger partial charge on any atom is -0.336 e. The predicted octanol–water partition coefficient (Wildman–Crippen LogP) is 4.22. The summed E-state index contributed by atoms with van der Waals surface area (Å²) in [6.45, 7) is 2.12. The number of amides is 1. The molecule has 0 aliphatic carbocycles. The molecule has 1 aromatic heterocycles. The highest BCUT2D eigenvalue weighted by Crippen LogP contribution is 2.33. The molecular formula is C20H23N5OS2. The van der Waals surface area contributed by atoms with E-state index < -0.39 is 0 Å². The molecule has 28 heavy (non-hydrogen) atoms. The van der Waals surface area contributed by atoms with Crippen LogP contribution in [0.25, 0.3) is 0 Å². The van der Waals surface area contributed by atoms with Gasteiger partial charge in [-0.2, -0.15) is 0 Å². The first kappa shape index (κ1) is 20.3. The molecule has 0 saturated carbocycles. The van der Waals surface area contributed by atoms with Crippen LogP contribution in [0.15, 0.2) is 69.5 Å². The van der Waals surface area contributed by atoms with Gasteiger partial charge in [0.2, 0.25) is 11.1 Å². The Morgan fingerprint density at radius 1 is 1.11 bits per heavy atom. The van der Waals surface area contributed by atoms with Gasteiger partial charge in [-0.25, -0.2) is 4.68 Å². The maximum Gasteiger partial charge on any atom is 0.234 e. The van der Waals surface area contributed by atoms with Gasteiger partial charge in [0.15, 0.2) is 5.82 Å². The monoisotopic (exact) mass is 413 g/mol. The van der Waals surface area contributed by atoms with Crippen LogP contribution < -0.4 is 11.2 Å². The van der Waals surface area contributed by atoms with Crippen molar-refractivity contribution in [1.29, 1.82) is 0 Å². The summed E-state index contributed by atoms with van der Waals surface area (Å²) >= 11 is 2.90. The van der Waals surface area contributed by atoms with Gasteiger partial charge in [-0.05, 0) is 30.7 Å². The van der Waals surface area contributed by atoms with Crippen molar-refractivity contribution in [2.24, 2.45) is 0 Å². The molecule has 2 aromatic carbocycles. The molecule has 0 atom stereocenters. The third-order valence-corrected chi connectivity index (χ3v) is 5.98. The molecule has 6 nitrogen and oxygen atoms in total. The Morgan fingerprint density at radius 3 is 2.64 bits per heavy atom. The zero-order valence-corrected chi connectivity index (χ0v) is 17.3. The molecule has 3 rings (SSSR count). The van der Waals surface area contributed by atoms with Crippen molar-refractivity contribution in [2.45, 2.75) is 41.1 Å². The van der Waals surface area contributed by atoms with Crippen LogP contribution in [0.2, 0.25) is 0 Å². The van der Waals surface area contributed by atoms with Gasteiger partial charge in [-0.1, -0.05) is 67.2 Å². The highest BCUT2D eigenvalue weighted by atomic mass is 32.2. The highest BCUT2D eigenvalue weighted by molar-refractivity contribution is 8.00. The summed E-state index contributed by atoms with van der Waals surface area (Å²) in [6.07, 6.45) is 2.87. The average Bonchev–Trinajstić information content (AvgIpc) is 3.06. The minimum atomic E-state index is -0.107. The SMILES string of the molecule is CCCCc1nnc(SCC(=O)Nc2ccccc2Sc2ccccc2)n1N. The number of nitrogens with one attached hydrogen (secondary N) is 1. The van der Waals surface area contributed by atoms with Gasteiger partial charge in [-0.15, -0.1) is 10.2 Å². The summed E-state index contributed by atoms with van der Waals surface area (Å²) in [7, 11) is 0. The van der Waals surface area contributed by atoms with E-state index in [1.54, 1.807) is 11.8 Å². The lowest BCUT2D eigenvalue weighted by atomic mass is 10.2. The molecule has 0 fully saturated rings. The summed E-state index contributed by atoms with van der Waals surface area (Å²) in [5.41, 5.74) is 0.791. The smallest absolute Gasteiger partial charge is 0.234 e. The van der Waals surface area contributed by atoms with E-state index in [-0.39, 0.29) is 11.7 Å². The predicted molar refractivity (Wildman–Crippen MR) is 115 cm³/mol. The first-order chi connectivity index (χ1) is 13.7. The molecule has 0 aliphatic heterocycles. The largest absolute Gasteiger partial charge is 0.336 e. The molecule has 3 aromatic rings. The van der Waals surface area contributed by atoms with Gasteiger partial charge in [0.05, 0.1) is 11.4 Å². The van der Waals surface area contributed by atoms with Crippen LogP contribution in [0, 0.1) is 0 Å². The molecule has 0 spiro atoms. The van der Waals surface area contributed by atoms with Crippen LogP contribution in [0.4, 0.5) is 5.69 Å². The molecule has 0 aliphatic rings. The second-order valence-electron chi connectivity index (χ2n) is 6.12. The van der Waals surface area contributed by atoms with E-state index in [1.807, 2.05) is 54.6 Å². The van der Waals surface area contributed by atoms with E-state index in [2.05, 4.69) is 22.4 Å². The first-order valence-corrected chi connectivity index (χ1v) is 10.9. The summed E-state index contributed by atoms with van der Waals surface area (Å²) in [5.74, 6) is 6.88. The van der Waals surface area contributed by atoms with Crippen molar-refractivity contribution in [3.63, 3.8) is 0 Å². The van der Waals surface area contributed by atoms with Gasteiger partial charge < -0.3 is 11.2 Å². The molecule has 0 radical (unpaired) electrons. The number of nitrogen functional groups attached to an aromatic ring is 1. The number of hydrogen-bond donors (Lipinski definition) is 2. The van der Waals surface area contributed by atoms with E-state index in [9.17, 15) is 4.79 Å². The molecule has 0 bridgehead atoms. The van der Waals surface area contributed by atoms with Crippen LogP contribution >= 0.6 is 23.5 Å². The van der Waals surface area contributed by atoms with Crippen LogP contribution in [-0.2, 0) is 11.2 Å². The zero-order chi connectivity index (χ0) is 19.8. The minimum absolute atomic E-state index is 0.107. The third-order valence-electron chi connectivity index (χ3n) is 3.95. The normalized spacial score (nSPS) is 10.8. The fourth-order valence-electron chi connectivity index (χ4n) is 2.50. The standard InChI is InChI=1S/C20H23N5OS2/c1-2-3-13-18-23-24-20(25(18)21)27-14-19(26)22-16-11-7-8-12-17(16)28-15-9-5-4-6-10-15/h4-12H,2-3,13-14,21H2,1H3,(H,22,26). The maximum atomic E-state index is 12.4. The van der Waals surface area contributed by atoms with Gasteiger partial charge >= 0.3 is 0 Å². The number of unbranched alkanes of at least 4 members (excludes halogenated alkanes) is 1. The molecule has 3 N–H and O–H groups in total. The molecular weight excluding hydrogens is 390 g/mol. The lowest BCUT2D eigenvalue weighted by Gasteiger charge is -2.10. The average molecular weight is 414 g/mol. The lowest BCUT2D eigenvalue weighted by Crippen LogP contribution is -2.17. The van der Waals surface area contributed by atoms with Crippen LogP contribution in [0.3, 0.4) is 0 Å². The van der Waals surface area contributed by atoms with Gasteiger partial charge in [0.1, 0.15) is 0 Å². The number of carbonyl (C=O) groups excluding carboxylic acids is 1. The quantitative estimate of drug-likeness (QED) is 0.404. The van der Waals surface area contributed by atoms with Crippen molar-refractivity contribution in [3.8, 4) is 0 Å². The van der Waals surface area contributed by atoms with Gasteiger partial charge in [0.25, 0.3) is 0 Å². The first-order valence-electron chi connectivity index (χ1n) is 9.11. The number of aromatic nitrogens is 3. The zero-order valence-electron chi connectivity index (χ0n) is 15.7. The van der Waals surface area contributed by atoms with E-state index in [0.717, 1.165) is 40.6 Å². The van der Waals surface area contributed by atoms with Crippen molar-refractivity contribution >= 4 is 35.1 Å². The number of para-hydroxylation sites is 1. The number of benzene rings is 2. The third kappa shape index (κ3) is 5.53. The van der Waals surface area contributed by atoms with E-state index in [0.29, 0.717) is 5.16 Å². The highest BCUT2D eigenvalue weighted by Gasteiger charge is 2.13. The van der Waals surface area contributed by atoms with Crippen molar-refractivity contribution in [3.05, 3.63) is 60.4 Å². The Balaban J connectivity index is 1.59. The molecule has 0 unspecified atom stereocenters. The molecule has 1 amide bonds. The second-order valence-corrected chi connectivity index (χ2v) is 8.18.